The fraction of sp³-hybridized carbons (Fsp3) is 0.643. The van der Waals surface area contributed by atoms with Crippen LogP contribution in [0.3, 0.4) is 0 Å². The second kappa shape index (κ2) is 6.62. The minimum atomic E-state index is -3.20. The summed E-state index contributed by atoms with van der Waals surface area (Å²) in [6.45, 7) is 2.69. The van der Waals surface area contributed by atoms with Gasteiger partial charge in [0.15, 0.2) is 0 Å². The van der Waals surface area contributed by atoms with E-state index in [0.717, 1.165) is 17.8 Å². The molecule has 0 radical (unpaired) electrons. The highest BCUT2D eigenvalue weighted by Crippen LogP contribution is 2.47. The zero-order valence-electron chi connectivity index (χ0n) is 12.4. The molecule has 0 bridgehead atoms. The average molecular weight is 314 g/mol. The van der Waals surface area contributed by atoms with Gasteiger partial charge in [-0.3, -0.25) is 4.79 Å². The van der Waals surface area contributed by atoms with Gasteiger partial charge in [-0.2, -0.15) is 0 Å². The molecular formula is C14H22N2O4S. The zero-order chi connectivity index (χ0) is 15.5. The molecule has 2 rings (SSSR count). The number of carbonyl (C=O) groups excluding carboxylic acids is 1. The van der Waals surface area contributed by atoms with E-state index in [9.17, 15) is 13.2 Å². The first kappa shape index (κ1) is 16.0. The van der Waals surface area contributed by atoms with Crippen LogP contribution in [0.5, 0.6) is 0 Å². The first-order chi connectivity index (χ1) is 9.85. The van der Waals surface area contributed by atoms with Gasteiger partial charge in [0.05, 0.1) is 6.26 Å². The van der Waals surface area contributed by atoms with Crippen molar-refractivity contribution in [1.82, 2.24) is 10.0 Å². The number of amides is 1. The van der Waals surface area contributed by atoms with Crippen molar-refractivity contribution in [3.8, 4) is 0 Å². The van der Waals surface area contributed by atoms with Crippen molar-refractivity contribution in [3.63, 3.8) is 0 Å². The van der Waals surface area contributed by atoms with Crippen LogP contribution in [0.2, 0.25) is 0 Å². The maximum absolute atomic E-state index is 11.6. The summed E-state index contributed by atoms with van der Waals surface area (Å²) in [5.41, 5.74) is 0. The molecule has 1 saturated carbocycles. The van der Waals surface area contributed by atoms with Gasteiger partial charge in [-0.05, 0) is 24.5 Å². The first-order valence-electron chi connectivity index (χ1n) is 7.15. The topological polar surface area (TPSA) is 88.4 Å². The van der Waals surface area contributed by atoms with Gasteiger partial charge in [-0.1, -0.05) is 6.92 Å². The summed E-state index contributed by atoms with van der Waals surface area (Å²) in [7, 11) is -3.20. The Bertz CT molecular complexity index is 594. The molecule has 2 atom stereocenters. The largest absolute Gasteiger partial charge is 0.466 e. The third-order valence-electron chi connectivity index (χ3n) is 3.57. The monoisotopic (exact) mass is 314 g/mol. The number of furan rings is 1. The molecule has 1 aromatic heterocycles. The highest BCUT2D eigenvalue weighted by Gasteiger charge is 2.36. The van der Waals surface area contributed by atoms with Crippen LogP contribution in [0.15, 0.2) is 16.5 Å². The lowest BCUT2D eigenvalue weighted by Gasteiger charge is -2.05. The second-order valence-corrected chi connectivity index (χ2v) is 7.47. The van der Waals surface area contributed by atoms with Crippen LogP contribution in [-0.4, -0.2) is 33.7 Å². The maximum Gasteiger partial charge on any atom is 0.220 e. The van der Waals surface area contributed by atoms with E-state index in [4.69, 9.17) is 4.42 Å². The predicted octanol–water partition coefficient (Wildman–Crippen LogP) is 1.00. The van der Waals surface area contributed by atoms with Crippen LogP contribution in [-0.2, 0) is 21.2 Å². The molecule has 21 heavy (non-hydrogen) atoms. The molecule has 1 amide bonds. The molecule has 0 spiro atoms. The number of hydrogen-bond donors (Lipinski definition) is 2. The van der Waals surface area contributed by atoms with E-state index in [0.29, 0.717) is 24.7 Å². The molecule has 0 saturated heterocycles. The Labute approximate surface area is 125 Å². The Balaban J connectivity index is 1.63. The molecule has 2 N–H and O–H groups in total. The van der Waals surface area contributed by atoms with Crippen LogP contribution in [0.4, 0.5) is 0 Å². The third kappa shape index (κ3) is 5.51. The minimum Gasteiger partial charge on any atom is -0.466 e. The van der Waals surface area contributed by atoms with Gasteiger partial charge in [-0.15, -0.1) is 0 Å². The summed E-state index contributed by atoms with van der Waals surface area (Å²) < 4.78 is 29.7. The molecule has 1 aromatic rings. The van der Waals surface area contributed by atoms with Crippen molar-refractivity contribution in [2.75, 3.05) is 19.3 Å². The Morgan fingerprint density at radius 3 is 2.71 bits per heavy atom. The summed E-state index contributed by atoms with van der Waals surface area (Å²) in [6.07, 6.45) is 3.17. The Hall–Kier alpha value is -1.34. The van der Waals surface area contributed by atoms with Crippen molar-refractivity contribution in [2.45, 2.75) is 32.1 Å². The number of aryl methyl sites for hydroxylation is 1. The van der Waals surface area contributed by atoms with E-state index in [2.05, 4.69) is 17.0 Å². The number of nitrogens with one attached hydrogen (secondary N) is 2. The highest BCUT2D eigenvalue weighted by molar-refractivity contribution is 7.88. The molecular weight excluding hydrogens is 292 g/mol. The van der Waals surface area contributed by atoms with Crippen molar-refractivity contribution in [2.24, 2.45) is 5.92 Å². The smallest absolute Gasteiger partial charge is 0.220 e. The Kier molecular flexibility index (Phi) is 5.05. The van der Waals surface area contributed by atoms with E-state index >= 15 is 0 Å². The Morgan fingerprint density at radius 1 is 1.38 bits per heavy atom. The number of carbonyl (C=O) groups is 1. The molecule has 0 unspecified atom stereocenters. The van der Waals surface area contributed by atoms with Gasteiger partial charge in [0, 0.05) is 31.8 Å². The molecule has 1 fully saturated rings. The molecule has 0 aliphatic heterocycles. The molecule has 0 aromatic carbocycles. The molecule has 1 aliphatic rings. The highest BCUT2D eigenvalue weighted by atomic mass is 32.2. The number of sulfonamides is 1. The average Bonchev–Trinajstić information content (AvgIpc) is 2.94. The third-order valence-corrected chi connectivity index (χ3v) is 4.30. The summed E-state index contributed by atoms with van der Waals surface area (Å²) in [6, 6.07) is 3.93. The lowest BCUT2D eigenvalue weighted by atomic mass is 10.2. The van der Waals surface area contributed by atoms with Gasteiger partial charge in [0.1, 0.15) is 11.5 Å². The van der Waals surface area contributed by atoms with E-state index in [1.54, 1.807) is 0 Å². The second-order valence-electron chi connectivity index (χ2n) is 5.64. The van der Waals surface area contributed by atoms with Crippen LogP contribution in [0, 0.1) is 5.92 Å². The lowest BCUT2D eigenvalue weighted by Crippen LogP contribution is -2.34. The van der Waals surface area contributed by atoms with Crippen LogP contribution >= 0.6 is 0 Å². The molecule has 6 nitrogen and oxygen atoms in total. The van der Waals surface area contributed by atoms with Gasteiger partial charge in [0.2, 0.25) is 15.9 Å². The van der Waals surface area contributed by atoms with E-state index in [1.165, 1.54) is 6.42 Å². The van der Waals surface area contributed by atoms with Crippen LogP contribution < -0.4 is 10.0 Å². The van der Waals surface area contributed by atoms with Crippen molar-refractivity contribution >= 4 is 15.9 Å². The quantitative estimate of drug-likeness (QED) is 0.701. The van der Waals surface area contributed by atoms with E-state index in [-0.39, 0.29) is 19.0 Å². The normalized spacial score (nSPS) is 21.2. The van der Waals surface area contributed by atoms with E-state index in [1.807, 2.05) is 12.1 Å². The minimum absolute atomic E-state index is 0.108. The summed E-state index contributed by atoms with van der Waals surface area (Å²) in [4.78, 5) is 11.6. The van der Waals surface area contributed by atoms with Crippen LogP contribution in [0.25, 0.3) is 0 Å². The van der Waals surface area contributed by atoms with Gasteiger partial charge >= 0.3 is 0 Å². The summed E-state index contributed by atoms with van der Waals surface area (Å²) >= 11 is 0. The van der Waals surface area contributed by atoms with Gasteiger partial charge < -0.3 is 9.73 Å². The lowest BCUT2D eigenvalue weighted by molar-refractivity contribution is -0.121. The van der Waals surface area contributed by atoms with Crippen molar-refractivity contribution in [1.29, 1.82) is 0 Å². The van der Waals surface area contributed by atoms with Crippen molar-refractivity contribution in [3.05, 3.63) is 23.7 Å². The number of hydrogen-bond acceptors (Lipinski definition) is 4. The van der Waals surface area contributed by atoms with E-state index < -0.39 is 10.0 Å². The fourth-order valence-corrected chi connectivity index (χ4v) is 2.68. The molecule has 1 aliphatic carbocycles. The van der Waals surface area contributed by atoms with Crippen LogP contribution in [0.1, 0.15) is 37.2 Å². The summed E-state index contributed by atoms with van der Waals surface area (Å²) in [5.74, 6) is 3.00. The SMILES string of the molecule is C[C@@H]1C[C@H]1c1ccc(CCC(=O)NCCNS(C)(=O)=O)o1. The Morgan fingerprint density at radius 2 is 2.10 bits per heavy atom. The number of rotatable bonds is 8. The van der Waals surface area contributed by atoms with Gasteiger partial charge in [-0.25, -0.2) is 13.1 Å². The maximum atomic E-state index is 11.6. The zero-order valence-corrected chi connectivity index (χ0v) is 13.2. The summed E-state index contributed by atoms with van der Waals surface area (Å²) in [5, 5.41) is 2.67. The standard InChI is InChI=1S/C14H22N2O4S/c1-10-9-12(10)13-5-3-11(20-13)4-6-14(17)15-7-8-16-21(2,18)19/h3,5,10,12,16H,4,6-9H2,1-2H3,(H,15,17)/t10-,12-/m1/s1. The first-order valence-corrected chi connectivity index (χ1v) is 9.04. The fourth-order valence-electron chi connectivity index (χ4n) is 2.21. The molecule has 118 valence electrons. The predicted molar refractivity (Wildman–Crippen MR) is 79.4 cm³/mol. The van der Waals surface area contributed by atoms with Crippen molar-refractivity contribution < 1.29 is 17.6 Å². The van der Waals surface area contributed by atoms with Gasteiger partial charge in [0.25, 0.3) is 0 Å². The molecule has 7 heteroatoms. The molecule has 1 heterocycles.